The van der Waals surface area contributed by atoms with Crippen molar-refractivity contribution in [3.05, 3.63) is 63.5 Å². The van der Waals surface area contributed by atoms with E-state index in [1.165, 1.54) is 6.07 Å². The average molecular weight is 748 g/mol. The number of carbonyl (C=O) groups is 4. The van der Waals surface area contributed by atoms with Gasteiger partial charge >= 0.3 is 0 Å². The Kier molecular flexibility index (Phi) is 10.2. The van der Waals surface area contributed by atoms with Gasteiger partial charge in [-0.3, -0.25) is 34.2 Å². The Bertz CT molecular complexity index is 1990. The average Bonchev–Trinajstić information content (AvgIpc) is 3.39. The SMILES string of the molecule is O=C1CCC(N2C(=O)c3cccc(OC4CC(CN5CCC(COc6cc(F)c7c(=O)[nH]c(CSC8CCOCC8)nc7c6)CC5)C4)c3C2=O)C(=O)N1. The molecule has 1 aliphatic carbocycles. The molecule has 3 aromatic rings. The van der Waals surface area contributed by atoms with E-state index in [2.05, 4.69) is 20.2 Å². The zero-order valence-electron chi connectivity index (χ0n) is 29.3. The topological polar surface area (TPSA) is 160 Å². The molecule has 15 heteroatoms. The minimum atomic E-state index is -1.02. The molecule has 4 aliphatic heterocycles. The smallest absolute Gasteiger partial charge is 0.266 e. The number of fused-ring (bicyclic) bond motifs is 2. The largest absolute Gasteiger partial charge is 0.493 e. The number of benzene rings is 2. The number of nitrogens with zero attached hydrogens (tertiary/aromatic N) is 3. The van der Waals surface area contributed by atoms with Gasteiger partial charge in [-0.05, 0) is 82.0 Å². The Hall–Kier alpha value is -4.34. The molecule has 2 aromatic carbocycles. The van der Waals surface area contributed by atoms with Crippen LogP contribution in [0.2, 0.25) is 0 Å². The van der Waals surface area contributed by atoms with Crippen molar-refractivity contribution < 1.29 is 37.8 Å². The molecular formula is C38H42FN5O8S. The van der Waals surface area contributed by atoms with Gasteiger partial charge in [0.25, 0.3) is 17.4 Å². The van der Waals surface area contributed by atoms with Crippen LogP contribution >= 0.6 is 11.8 Å². The molecule has 5 heterocycles. The summed E-state index contributed by atoms with van der Waals surface area (Å²) in [7, 11) is 0. The van der Waals surface area contributed by atoms with Crippen LogP contribution in [-0.2, 0) is 20.1 Å². The lowest BCUT2D eigenvalue weighted by molar-refractivity contribution is -0.136. The van der Waals surface area contributed by atoms with E-state index >= 15 is 4.39 Å². The molecule has 4 fully saturated rings. The standard InChI is InChI=1S/C38H42FN5O8S/c39-27-16-23(17-28-34(27)36(47)41-31(40-28)20-53-25-8-12-50-13-9-25)51-19-21-6-10-43(11-7-21)18-22-14-24(15-22)52-30-3-1-2-26-33(30)38(49)44(37(26)48)29-4-5-32(45)42-35(29)46/h1-3,16-17,21-22,24-25,29H,4-15,18-20H2,(H,40,41,47)(H,42,45,46). The number of amides is 4. The lowest BCUT2D eigenvalue weighted by Crippen LogP contribution is -2.54. The predicted octanol–water partition coefficient (Wildman–Crippen LogP) is 3.82. The van der Waals surface area contributed by atoms with Gasteiger partial charge in [0.05, 0.1) is 35.1 Å². The first-order valence-electron chi connectivity index (χ1n) is 18.5. The van der Waals surface area contributed by atoms with E-state index in [-0.39, 0.29) is 35.5 Å². The second-order valence-electron chi connectivity index (χ2n) is 14.7. The molecule has 3 saturated heterocycles. The number of likely N-dealkylation sites (tertiary alicyclic amines) is 1. The Balaban J connectivity index is 0.793. The quantitative estimate of drug-likeness (QED) is 0.275. The molecule has 2 N–H and O–H groups in total. The van der Waals surface area contributed by atoms with E-state index in [1.54, 1.807) is 36.0 Å². The number of aromatic amines is 1. The molecule has 53 heavy (non-hydrogen) atoms. The van der Waals surface area contributed by atoms with E-state index in [1.807, 2.05) is 0 Å². The summed E-state index contributed by atoms with van der Waals surface area (Å²) in [5.41, 5.74) is 0.209. The number of aromatic nitrogens is 2. The van der Waals surface area contributed by atoms with Crippen molar-refractivity contribution in [3.63, 3.8) is 0 Å². The second-order valence-corrected chi connectivity index (χ2v) is 16.0. The molecular weight excluding hydrogens is 706 g/mol. The van der Waals surface area contributed by atoms with Gasteiger partial charge in [0.1, 0.15) is 34.6 Å². The summed E-state index contributed by atoms with van der Waals surface area (Å²) >= 11 is 1.73. The van der Waals surface area contributed by atoms with Gasteiger partial charge in [-0.15, -0.1) is 0 Å². The summed E-state index contributed by atoms with van der Waals surface area (Å²) < 4.78 is 32.7. The lowest BCUT2D eigenvalue weighted by Gasteiger charge is -2.40. The first kappa shape index (κ1) is 35.7. The normalized spacial score (nSPS) is 24.3. The van der Waals surface area contributed by atoms with Crippen LogP contribution in [0.3, 0.4) is 0 Å². The van der Waals surface area contributed by atoms with Crippen LogP contribution in [0.1, 0.15) is 77.9 Å². The van der Waals surface area contributed by atoms with Crippen molar-refractivity contribution in [2.75, 3.05) is 39.5 Å². The highest BCUT2D eigenvalue weighted by Crippen LogP contribution is 2.38. The summed E-state index contributed by atoms with van der Waals surface area (Å²) in [6.07, 6.45) is 5.56. The fourth-order valence-electron chi connectivity index (χ4n) is 8.04. The molecule has 13 nitrogen and oxygen atoms in total. The molecule has 0 spiro atoms. The van der Waals surface area contributed by atoms with Crippen LogP contribution in [0, 0.1) is 17.7 Å². The number of piperidine rings is 2. The lowest BCUT2D eigenvalue weighted by atomic mass is 9.81. The van der Waals surface area contributed by atoms with Gasteiger partial charge in [0.15, 0.2) is 0 Å². The number of hydrogen-bond donors (Lipinski definition) is 2. The Morgan fingerprint density at radius 2 is 1.75 bits per heavy atom. The Labute approximate surface area is 309 Å². The van der Waals surface area contributed by atoms with Crippen molar-refractivity contribution >= 4 is 46.3 Å². The molecule has 0 bridgehead atoms. The van der Waals surface area contributed by atoms with Gasteiger partial charge in [0.2, 0.25) is 11.8 Å². The maximum Gasteiger partial charge on any atom is 0.266 e. The van der Waals surface area contributed by atoms with E-state index in [0.29, 0.717) is 52.3 Å². The van der Waals surface area contributed by atoms with E-state index in [0.717, 1.165) is 76.3 Å². The predicted molar refractivity (Wildman–Crippen MR) is 192 cm³/mol. The van der Waals surface area contributed by atoms with Gasteiger partial charge in [0, 0.05) is 43.6 Å². The highest BCUT2D eigenvalue weighted by molar-refractivity contribution is 7.99. The Morgan fingerprint density at radius 3 is 2.53 bits per heavy atom. The van der Waals surface area contributed by atoms with Gasteiger partial charge in [-0.1, -0.05) is 6.07 Å². The first-order valence-corrected chi connectivity index (χ1v) is 19.5. The van der Waals surface area contributed by atoms with Crippen LogP contribution < -0.4 is 20.3 Å². The highest BCUT2D eigenvalue weighted by Gasteiger charge is 2.46. The summed E-state index contributed by atoms with van der Waals surface area (Å²) in [5.74, 6) is -0.259. The molecule has 1 atom stereocenters. The maximum absolute atomic E-state index is 15.0. The fraction of sp³-hybridized carbons (Fsp3) is 0.526. The number of nitrogens with one attached hydrogen (secondary N) is 2. The van der Waals surface area contributed by atoms with E-state index in [9.17, 15) is 24.0 Å². The highest BCUT2D eigenvalue weighted by atomic mass is 32.2. The molecule has 280 valence electrons. The number of imide groups is 2. The third-order valence-corrected chi connectivity index (χ3v) is 12.4. The van der Waals surface area contributed by atoms with Crippen molar-refractivity contribution in [1.29, 1.82) is 0 Å². The Morgan fingerprint density at radius 1 is 0.962 bits per heavy atom. The number of ether oxygens (including phenoxy) is 3. The summed E-state index contributed by atoms with van der Waals surface area (Å²) in [6, 6.07) is 6.84. The molecule has 1 unspecified atom stereocenters. The van der Waals surface area contributed by atoms with Crippen LogP contribution in [0.15, 0.2) is 35.1 Å². The fourth-order valence-corrected chi connectivity index (χ4v) is 9.09. The number of halogens is 1. The summed E-state index contributed by atoms with van der Waals surface area (Å²) in [4.78, 5) is 74.0. The number of rotatable bonds is 11. The van der Waals surface area contributed by atoms with Crippen LogP contribution in [0.25, 0.3) is 10.9 Å². The number of H-pyrrole nitrogens is 1. The van der Waals surface area contributed by atoms with Crippen LogP contribution in [-0.4, -0.2) is 100 Å². The zero-order chi connectivity index (χ0) is 36.6. The molecule has 0 radical (unpaired) electrons. The molecule has 1 saturated carbocycles. The zero-order valence-corrected chi connectivity index (χ0v) is 30.1. The molecule has 8 rings (SSSR count). The number of thioether (sulfide) groups is 1. The van der Waals surface area contributed by atoms with Crippen molar-refractivity contribution in [2.24, 2.45) is 11.8 Å². The first-order chi connectivity index (χ1) is 25.7. The number of hydrogen-bond acceptors (Lipinski definition) is 11. The second kappa shape index (κ2) is 15.2. The van der Waals surface area contributed by atoms with E-state index < -0.39 is 41.0 Å². The van der Waals surface area contributed by atoms with E-state index in [4.69, 9.17) is 14.2 Å². The van der Waals surface area contributed by atoms with Crippen molar-refractivity contribution in [1.82, 2.24) is 25.1 Å². The molecule has 5 aliphatic rings. The van der Waals surface area contributed by atoms with Gasteiger partial charge < -0.3 is 24.1 Å². The third-order valence-electron chi connectivity index (χ3n) is 11.0. The van der Waals surface area contributed by atoms with Gasteiger partial charge in [-0.2, -0.15) is 11.8 Å². The number of carbonyl (C=O) groups excluding carboxylic acids is 4. The minimum absolute atomic E-state index is 0.0539. The van der Waals surface area contributed by atoms with Crippen molar-refractivity contribution in [2.45, 2.75) is 74.5 Å². The molecule has 1 aromatic heterocycles. The van der Waals surface area contributed by atoms with Crippen molar-refractivity contribution in [3.8, 4) is 11.5 Å². The summed E-state index contributed by atoms with van der Waals surface area (Å²) in [6.45, 7) is 4.72. The summed E-state index contributed by atoms with van der Waals surface area (Å²) in [5, 5.41) is 2.62. The monoisotopic (exact) mass is 747 g/mol. The van der Waals surface area contributed by atoms with Crippen LogP contribution in [0.5, 0.6) is 11.5 Å². The van der Waals surface area contributed by atoms with Gasteiger partial charge in [-0.25, -0.2) is 9.37 Å². The maximum atomic E-state index is 15.0. The van der Waals surface area contributed by atoms with Crippen LogP contribution in [0.4, 0.5) is 4.39 Å². The molecule has 4 amide bonds. The third kappa shape index (κ3) is 7.56. The minimum Gasteiger partial charge on any atom is -0.493 e.